The molecule has 0 bridgehead atoms. The van der Waals surface area contributed by atoms with Crippen LogP contribution in [0.1, 0.15) is 25.3 Å². The minimum atomic E-state index is 0.572. The topological polar surface area (TPSA) is 25.8 Å². The molecule has 0 spiro atoms. The van der Waals surface area contributed by atoms with Gasteiger partial charge in [0.25, 0.3) is 0 Å². The summed E-state index contributed by atoms with van der Waals surface area (Å²) in [5, 5.41) is 11.2. The van der Waals surface area contributed by atoms with Crippen LogP contribution in [0, 0.1) is 0 Å². The predicted octanol–water partition coefficient (Wildman–Crippen LogP) is 2.81. The van der Waals surface area contributed by atoms with Gasteiger partial charge in [-0.2, -0.15) is 10.2 Å². The van der Waals surface area contributed by atoms with Crippen molar-refractivity contribution in [3.63, 3.8) is 0 Å². The lowest BCUT2D eigenvalue weighted by Crippen LogP contribution is -1.85. The molecule has 0 aromatic carbocycles. The Morgan fingerprint density at radius 2 is 2.00 bits per heavy atom. The molecule has 0 fully saturated rings. The minimum Gasteiger partial charge on any atom is -0.158 e. The molecule has 0 N–H and O–H groups in total. The van der Waals surface area contributed by atoms with Gasteiger partial charge in [0.05, 0.1) is 17.1 Å². The van der Waals surface area contributed by atoms with E-state index in [1.54, 1.807) is 11.3 Å². The van der Waals surface area contributed by atoms with Gasteiger partial charge in [0.15, 0.2) is 0 Å². The van der Waals surface area contributed by atoms with Gasteiger partial charge in [0.2, 0.25) is 0 Å². The molecule has 0 aliphatic carbocycles. The monoisotopic (exact) mass is 178 g/mol. The molecule has 0 radical (unpaired) electrons. The number of hydrogen-bond acceptors (Lipinski definition) is 3. The van der Waals surface area contributed by atoms with Crippen molar-refractivity contribution in [2.24, 2.45) is 0 Å². The van der Waals surface area contributed by atoms with E-state index in [1.807, 2.05) is 12.4 Å². The van der Waals surface area contributed by atoms with Crippen molar-refractivity contribution in [2.75, 3.05) is 0 Å². The van der Waals surface area contributed by atoms with Gasteiger partial charge in [0, 0.05) is 5.39 Å². The van der Waals surface area contributed by atoms with Gasteiger partial charge in [-0.3, -0.25) is 0 Å². The van der Waals surface area contributed by atoms with E-state index < -0.39 is 0 Å². The summed E-state index contributed by atoms with van der Waals surface area (Å²) in [6.45, 7) is 4.39. The normalized spacial score (nSPS) is 11.2. The quantitative estimate of drug-likeness (QED) is 0.671. The van der Waals surface area contributed by atoms with Crippen LogP contribution in [-0.2, 0) is 0 Å². The van der Waals surface area contributed by atoms with Crippen LogP contribution >= 0.6 is 11.3 Å². The molecule has 0 saturated heterocycles. The van der Waals surface area contributed by atoms with Gasteiger partial charge in [0.1, 0.15) is 0 Å². The molecule has 0 aliphatic rings. The molecular weight excluding hydrogens is 168 g/mol. The summed E-state index contributed by atoms with van der Waals surface area (Å²) in [7, 11) is 0. The Morgan fingerprint density at radius 3 is 2.75 bits per heavy atom. The molecule has 0 amide bonds. The molecule has 12 heavy (non-hydrogen) atoms. The summed E-state index contributed by atoms with van der Waals surface area (Å²) in [5.74, 6) is 0.572. The molecule has 3 heteroatoms. The summed E-state index contributed by atoms with van der Waals surface area (Å²) in [4.78, 5) is 0. The van der Waals surface area contributed by atoms with Crippen LogP contribution in [0.2, 0.25) is 0 Å². The van der Waals surface area contributed by atoms with E-state index in [0.29, 0.717) is 5.92 Å². The van der Waals surface area contributed by atoms with E-state index in [0.717, 1.165) is 0 Å². The van der Waals surface area contributed by atoms with Crippen LogP contribution in [-0.4, -0.2) is 10.2 Å². The van der Waals surface area contributed by atoms with Gasteiger partial charge in [-0.15, -0.1) is 11.3 Å². The lowest BCUT2D eigenvalue weighted by atomic mass is 10.0. The van der Waals surface area contributed by atoms with Crippen molar-refractivity contribution >= 4 is 21.4 Å². The second-order valence-electron chi connectivity index (χ2n) is 3.11. The van der Waals surface area contributed by atoms with E-state index in [1.165, 1.54) is 15.6 Å². The SMILES string of the molecule is CC(C)c1csc2cnncc12. The highest BCUT2D eigenvalue weighted by Gasteiger charge is 2.06. The Labute approximate surface area is 75.3 Å². The van der Waals surface area contributed by atoms with E-state index in [-0.39, 0.29) is 0 Å². The molecule has 2 nitrogen and oxygen atoms in total. The van der Waals surface area contributed by atoms with Crippen LogP contribution in [0.15, 0.2) is 17.8 Å². The summed E-state index contributed by atoms with van der Waals surface area (Å²) < 4.78 is 1.23. The number of hydrogen-bond donors (Lipinski definition) is 0. The molecule has 2 rings (SSSR count). The second kappa shape index (κ2) is 2.83. The maximum Gasteiger partial charge on any atom is 0.0674 e. The molecule has 0 atom stereocenters. The van der Waals surface area contributed by atoms with Crippen molar-refractivity contribution in [3.8, 4) is 0 Å². The summed E-state index contributed by atoms with van der Waals surface area (Å²) in [6.07, 6.45) is 3.67. The summed E-state index contributed by atoms with van der Waals surface area (Å²) >= 11 is 1.74. The van der Waals surface area contributed by atoms with Crippen LogP contribution in [0.4, 0.5) is 0 Å². The van der Waals surface area contributed by atoms with E-state index >= 15 is 0 Å². The highest BCUT2D eigenvalue weighted by atomic mass is 32.1. The predicted molar refractivity (Wildman–Crippen MR) is 51.5 cm³/mol. The first-order valence-corrected chi connectivity index (χ1v) is 4.85. The highest BCUT2D eigenvalue weighted by molar-refractivity contribution is 7.17. The van der Waals surface area contributed by atoms with Crippen molar-refractivity contribution in [1.82, 2.24) is 10.2 Å². The zero-order valence-electron chi connectivity index (χ0n) is 7.11. The molecule has 2 heterocycles. The van der Waals surface area contributed by atoms with Crippen molar-refractivity contribution in [3.05, 3.63) is 23.3 Å². The van der Waals surface area contributed by atoms with Gasteiger partial charge in [-0.25, -0.2) is 0 Å². The minimum absolute atomic E-state index is 0.572. The molecular formula is C9H10N2S. The van der Waals surface area contributed by atoms with E-state index in [2.05, 4.69) is 29.4 Å². The molecule has 62 valence electrons. The number of rotatable bonds is 1. The van der Waals surface area contributed by atoms with Gasteiger partial charge in [-0.05, 0) is 16.9 Å². The smallest absolute Gasteiger partial charge is 0.0674 e. The fourth-order valence-electron chi connectivity index (χ4n) is 1.26. The average Bonchev–Trinajstić information content (AvgIpc) is 2.47. The van der Waals surface area contributed by atoms with Gasteiger partial charge < -0.3 is 0 Å². The van der Waals surface area contributed by atoms with Gasteiger partial charge in [-0.1, -0.05) is 13.8 Å². The Morgan fingerprint density at radius 1 is 1.25 bits per heavy atom. The molecule has 0 saturated carbocycles. The van der Waals surface area contributed by atoms with Crippen LogP contribution in [0.3, 0.4) is 0 Å². The van der Waals surface area contributed by atoms with E-state index in [9.17, 15) is 0 Å². The standard InChI is InChI=1S/C9H10N2S/c1-6(2)8-5-12-9-4-11-10-3-7(8)9/h3-6H,1-2H3. The largest absolute Gasteiger partial charge is 0.158 e. The van der Waals surface area contributed by atoms with Crippen molar-refractivity contribution < 1.29 is 0 Å². The Bertz CT molecular complexity index is 392. The number of fused-ring (bicyclic) bond motifs is 1. The van der Waals surface area contributed by atoms with Gasteiger partial charge >= 0.3 is 0 Å². The molecule has 0 aliphatic heterocycles. The zero-order valence-corrected chi connectivity index (χ0v) is 7.93. The Balaban J connectivity index is 2.70. The van der Waals surface area contributed by atoms with E-state index in [4.69, 9.17) is 0 Å². The maximum absolute atomic E-state index is 3.88. The van der Waals surface area contributed by atoms with Crippen molar-refractivity contribution in [2.45, 2.75) is 19.8 Å². The Hall–Kier alpha value is -0.960. The van der Waals surface area contributed by atoms with Crippen LogP contribution < -0.4 is 0 Å². The molecule has 0 unspecified atom stereocenters. The Kier molecular flexibility index (Phi) is 1.81. The van der Waals surface area contributed by atoms with Crippen LogP contribution in [0.5, 0.6) is 0 Å². The third-order valence-electron chi connectivity index (χ3n) is 1.94. The molecule has 2 aromatic heterocycles. The lowest BCUT2D eigenvalue weighted by Gasteiger charge is -2.00. The average molecular weight is 178 g/mol. The maximum atomic E-state index is 3.88. The first kappa shape index (κ1) is 7.68. The fourth-order valence-corrected chi connectivity index (χ4v) is 2.32. The van der Waals surface area contributed by atoms with Crippen molar-refractivity contribution in [1.29, 1.82) is 0 Å². The second-order valence-corrected chi connectivity index (χ2v) is 4.02. The zero-order chi connectivity index (χ0) is 8.55. The third-order valence-corrected chi connectivity index (χ3v) is 2.89. The van der Waals surface area contributed by atoms with Crippen LogP contribution in [0.25, 0.3) is 10.1 Å². The highest BCUT2D eigenvalue weighted by Crippen LogP contribution is 2.29. The number of thiophene rings is 1. The fraction of sp³-hybridized carbons (Fsp3) is 0.333. The summed E-state index contributed by atoms with van der Waals surface area (Å²) in [5.41, 5.74) is 1.38. The summed E-state index contributed by atoms with van der Waals surface area (Å²) in [6, 6.07) is 0. The lowest BCUT2D eigenvalue weighted by molar-refractivity contribution is 0.879. The number of nitrogens with zero attached hydrogens (tertiary/aromatic N) is 2. The molecule has 2 aromatic rings. The first-order chi connectivity index (χ1) is 5.79. The first-order valence-electron chi connectivity index (χ1n) is 3.97. The third kappa shape index (κ3) is 1.10. The number of aromatic nitrogens is 2.